The lowest BCUT2D eigenvalue weighted by molar-refractivity contribution is 0.0688. The molecule has 0 saturated carbocycles. The van der Waals surface area contributed by atoms with Crippen LogP contribution in [0.25, 0.3) is 0 Å². The van der Waals surface area contributed by atoms with E-state index in [-0.39, 0.29) is 17.5 Å². The van der Waals surface area contributed by atoms with Gasteiger partial charge in [-0.1, -0.05) is 12.8 Å². The van der Waals surface area contributed by atoms with Gasteiger partial charge in [0.25, 0.3) is 5.91 Å². The van der Waals surface area contributed by atoms with Gasteiger partial charge in [0.2, 0.25) is 0 Å². The lowest BCUT2D eigenvalue weighted by Gasteiger charge is -2.29. The fourth-order valence-electron chi connectivity index (χ4n) is 2.48. The third-order valence-corrected chi connectivity index (χ3v) is 3.58. The molecule has 0 aliphatic carbocycles. The number of carbonyl (C=O) groups is 1. The summed E-state index contributed by atoms with van der Waals surface area (Å²) in [6.07, 6.45) is 3.90. The first-order valence-electron chi connectivity index (χ1n) is 6.59. The Morgan fingerprint density at radius 3 is 2.74 bits per heavy atom. The number of nitrogens with zero attached hydrogens (tertiary/aromatic N) is 1. The van der Waals surface area contributed by atoms with Crippen LogP contribution in [-0.4, -0.2) is 29.9 Å². The van der Waals surface area contributed by atoms with E-state index in [0.717, 1.165) is 37.8 Å². The minimum absolute atomic E-state index is 0.0110. The molecule has 0 aromatic heterocycles. The predicted octanol–water partition coefficient (Wildman–Crippen LogP) is 2.31. The summed E-state index contributed by atoms with van der Waals surface area (Å²) in [5, 5.41) is 0. The van der Waals surface area contributed by atoms with Gasteiger partial charge in [0, 0.05) is 24.7 Å². The zero-order valence-electron chi connectivity index (χ0n) is 10.7. The van der Waals surface area contributed by atoms with Crippen LogP contribution in [0, 0.1) is 11.6 Å². The number of halogens is 2. The molecule has 1 aliphatic rings. The predicted molar refractivity (Wildman–Crippen MR) is 68.7 cm³/mol. The Hall–Kier alpha value is -1.49. The molecule has 1 fully saturated rings. The van der Waals surface area contributed by atoms with Gasteiger partial charge in [0.15, 0.2) is 11.6 Å². The van der Waals surface area contributed by atoms with Crippen molar-refractivity contribution in [1.82, 2.24) is 4.90 Å². The second-order valence-electron chi connectivity index (χ2n) is 4.87. The Bertz CT molecular complexity index is 465. The van der Waals surface area contributed by atoms with Crippen molar-refractivity contribution in [3.8, 4) is 0 Å². The average molecular weight is 268 g/mol. The molecule has 5 heteroatoms. The van der Waals surface area contributed by atoms with Crippen LogP contribution in [0.5, 0.6) is 0 Å². The fraction of sp³-hybridized carbons (Fsp3) is 0.500. The molecule has 1 saturated heterocycles. The Balaban J connectivity index is 2.22. The van der Waals surface area contributed by atoms with E-state index in [1.54, 1.807) is 4.90 Å². The van der Waals surface area contributed by atoms with Crippen LogP contribution < -0.4 is 5.73 Å². The first kappa shape index (κ1) is 13.9. The summed E-state index contributed by atoms with van der Waals surface area (Å²) in [6.45, 7) is 1.02. The van der Waals surface area contributed by atoms with E-state index in [4.69, 9.17) is 5.73 Å². The molecule has 0 radical (unpaired) electrons. The summed E-state index contributed by atoms with van der Waals surface area (Å²) in [5.74, 6) is -2.20. The third-order valence-electron chi connectivity index (χ3n) is 3.58. The second-order valence-corrected chi connectivity index (χ2v) is 4.87. The fourth-order valence-corrected chi connectivity index (χ4v) is 2.48. The van der Waals surface area contributed by atoms with E-state index in [0.29, 0.717) is 13.1 Å². The van der Waals surface area contributed by atoms with Gasteiger partial charge in [-0.15, -0.1) is 0 Å². The average Bonchev–Trinajstić information content (AvgIpc) is 2.66. The monoisotopic (exact) mass is 268 g/mol. The zero-order chi connectivity index (χ0) is 13.8. The van der Waals surface area contributed by atoms with E-state index in [1.165, 1.54) is 6.07 Å². The van der Waals surface area contributed by atoms with Crippen LogP contribution in [0.1, 0.15) is 36.0 Å². The minimum atomic E-state index is -0.995. The van der Waals surface area contributed by atoms with Crippen molar-refractivity contribution in [3.63, 3.8) is 0 Å². The molecule has 3 nitrogen and oxygen atoms in total. The molecule has 1 atom stereocenters. The molecule has 1 aromatic carbocycles. The molecule has 0 bridgehead atoms. The van der Waals surface area contributed by atoms with E-state index in [1.807, 2.05) is 0 Å². The topological polar surface area (TPSA) is 46.3 Å². The molecule has 1 aliphatic heterocycles. The van der Waals surface area contributed by atoms with E-state index in [9.17, 15) is 13.6 Å². The number of nitrogens with two attached hydrogens (primary N) is 1. The first-order chi connectivity index (χ1) is 9.13. The Labute approximate surface area is 111 Å². The van der Waals surface area contributed by atoms with E-state index in [2.05, 4.69) is 0 Å². The molecular formula is C14H18F2N2O. The van der Waals surface area contributed by atoms with Gasteiger partial charge in [-0.3, -0.25) is 4.79 Å². The van der Waals surface area contributed by atoms with Crippen LogP contribution in [0.4, 0.5) is 8.78 Å². The zero-order valence-corrected chi connectivity index (χ0v) is 10.7. The van der Waals surface area contributed by atoms with Crippen LogP contribution in [0.15, 0.2) is 18.2 Å². The highest BCUT2D eigenvalue weighted by Crippen LogP contribution is 2.19. The molecular weight excluding hydrogens is 250 g/mol. The number of hydrogen-bond donors (Lipinski definition) is 1. The van der Waals surface area contributed by atoms with Gasteiger partial charge >= 0.3 is 0 Å². The summed E-state index contributed by atoms with van der Waals surface area (Å²) in [4.78, 5) is 14.1. The molecule has 1 unspecified atom stereocenters. The van der Waals surface area contributed by atoms with Gasteiger partial charge < -0.3 is 10.6 Å². The molecule has 0 spiro atoms. The lowest BCUT2D eigenvalue weighted by atomic mass is 10.1. The highest BCUT2D eigenvalue weighted by atomic mass is 19.2. The van der Waals surface area contributed by atoms with Crippen LogP contribution in [-0.2, 0) is 0 Å². The highest BCUT2D eigenvalue weighted by molar-refractivity contribution is 5.94. The van der Waals surface area contributed by atoms with Crippen molar-refractivity contribution < 1.29 is 13.6 Å². The van der Waals surface area contributed by atoms with Gasteiger partial charge in [-0.2, -0.15) is 0 Å². The van der Waals surface area contributed by atoms with Crippen molar-refractivity contribution in [1.29, 1.82) is 0 Å². The van der Waals surface area contributed by atoms with Crippen molar-refractivity contribution in [3.05, 3.63) is 35.4 Å². The van der Waals surface area contributed by atoms with Gasteiger partial charge in [0.1, 0.15) is 0 Å². The third kappa shape index (κ3) is 3.10. The number of benzene rings is 1. The van der Waals surface area contributed by atoms with Gasteiger partial charge in [-0.25, -0.2) is 8.78 Å². The van der Waals surface area contributed by atoms with Gasteiger partial charge in [-0.05, 0) is 31.0 Å². The SMILES string of the molecule is NCC1CCCCCN1C(=O)c1ccc(F)c(F)c1. The minimum Gasteiger partial charge on any atom is -0.334 e. The summed E-state index contributed by atoms with van der Waals surface area (Å²) < 4.78 is 26.1. The normalized spacial score (nSPS) is 20.2. The summed E-state index contributed by atoms with van der Waals surface area (Å²) in [5.41, 5.74) is 5.88. The summed E-state index contributed by atoms with van der Waals surface area (Å²) in [6, 6.07) is 3.25. The maximum atomic E-state index is 13.2. The molecule has 2 N–H and O–H groups in total. The van der Waals surface area contributed by atoms with Crippen molar-refractivity contribution in [2.24, 2.45) is 5.73 Å². The number of rotatable bonds is 2. The number of carbonyl (C=O) groups excluding carboxylic acids is 1. The van der Waals surface area contributed by atoms with Crippen LogP contribution in [0.3, 0.4) is 0 Å². The van der Waals surface area contributed by atoms with Crippen molar-refractivity contribution in [2.45, 2.75) is 31.7 Å². The lowest BCUT2D eigenvalue weighted by Crippen LogP contribution is -2.44. The standard InChI is InChI=1S/C14H18F2N2O/c15-12-6-5-10(8-13(12)16)14(19)18-7-3-1-2-4-11(18)9-17/h5-6,8,11H,1-4,7,9,17H2. The highest BCUT2D eigenvalue weighted by Gasteiger charge is 2.25. The summed E-state index contributed by atoms with van der Waals surface area (Å²) >= 11 is 0. The smallest absolute Gasteiger partial charge is 0.254 e. The maximum Gasteiger partial charge on any atom is 0.254 e. The molecule has 2 rings (SSSR count). The largest absolute Gasteiger partial charge is 0.334 e. The number of hydrogen-bond acceptors (Lipinski definition) is 2. The van der Waals surface area contributed by atoms with E-state index < -0.39 is 11.6 Å². The molecule has 104 valence electrons. The quantitative estimate of drug-likeness (QED) is 0.894. The maximum absolute atomic E-state index is 13.2. The Morgan fingerprint density at radius 1 is 1.26 bits per heavy atom. The first-order valence-corrected chi connectivity index (χ1v) is 6.59. The molecule has 1 amide bonds. The molecule has 1 heterocycles. The second kappa shape index (κ2) is 6.10. The van der Waals surface area contributed by atoms with Crippen LogP contribution >= 0.6 is 0 Å². The summed E-state index contributed by atoms with van der Waals surface area (Å²) in [7, 11) is 0. The van der Waals surface area contributed by atoms with Gasteiger partial charge in [0.05, 0.1) is 0 Å². The van der Waals surface area contributed by atoms with Crippen molar-refractivity contribution in [2.75, 3.05) is 13.1 Å². The molecule has 19 heavy (non-hydrogen) atoms. The number of amides is 1. The number of likely N-dealkylation sites (tertiary alicyclic amines) is 1. The van der Waals surface area contributed by atoms with Crippen molar-refractivity contribution >= 4 is 5.91 Å². The Morgan fingerprint density at radius 2 is 2.05 bits per heavy atom. The Kier molecular flexibility index (Phi) is 4.47. The molecule has 1 aromatic rings. The van der Waals surface area contributed by atoms with Crippen LogP contribution in [0.2, 0.25) is 0 Å². The van der Waals surface area contributed by atoms with E-state index >= 15 is 0 Å².